The average molecular weight is 253 g/mol. The van der Waals surface area contributed by atoms with Crippen LogP contribution >= 0.6 is 0 Å². The maximum Gasteiger partial charge on any atom is 0.137 e. The lowest BCUT2D eigenvalue weighted by Crippen LogP contribution is -2.02. The molecule has 1 N–H and O–H groups in total. The Morgan fingerprint density at radius 2 is 1.89 bits per heavy atom. The van der Waals surface area contributed by atoms with Crippen molar-refractivity contribution in [3.63, 3.8) is 0 Å². The Kier molecular flexibility index (Phi) is 3.06. The molecule has 0 aliphatic carbocycles. The van der Waals surface area contributed by atoms with Gasteiger partial charge >= 0.3 is 0 Å². The molecule has 3 aromatic rings. The number of para-hydroxylation sites is 1. The van der Waals surface area contributed by atoms with Crippen LogP contribution in [0.25, 0.3) is 10.9 Å². The average Bonchev–Trinajstić information content (AvgIpc) is 2.45. The van der Waals surface area contributed by atoms with E-state index in [1.165, 1.54) is 18.5 Å². The number of fused-ring (bicyclic) bond motifs is 1. The Morgan fingerprint density at radius 3 is 2.79 bits per heavy atom. The summed E-state index contributed by atoms with van der Waals surface area (Å²) in [6.07, 6.45) is 1.52. The van der Waals surface area contributed by atoms with Gasteiger partial charge in [-0.25, -0.2) is 14.4 Å². The van der Waals surface area contributed by atoms with Crippen LogP contribution in [0.4, 0.5) is 10.2 Å². The van der Waals surface area contributed by atoms with Crippen LogP contribution in [0.15, 0.2) is 54.9 Å². The normalized spacial score (nSPS) is 10.6. The van der Waals surface area contributed by atoms with E-state index >= 15 is 0 Å². The maximum atomic E-state index is 13.1. The van der Waals surface area contributed by atoms with Crippen LogP contribution in [-0.2, 0) is 6.54 Å². The van der Waals surface area contributed by atoms with Crippen LogP contribution in [0.1, 0.15) is 5.56 Å². The Labute approximate surface area is 110 Å². The monoisotopic (exact) mass is 253 g/mol. The number of benzene rings is 2. The molecule has 19 heavy (non-hydrogen) atoms. The van der Waals surface area contributed by atoms with E-state index in [-0.39, 0.29) is 5.82 Å². The first-order chi connectivity index (χ1) is 9.33. The first-order valence-corrected chi connectivity index (χ1v) is 6.01. The molecule has 94 valence electrons. The molecule has 1 heterocycles. The highest BCUT2D eigenvalue weighted by molar-refractivity contribution is 5.88. The lowest BCUT2D eigenvalue weighted by molar-refractivity contribution is 0.626. The largest absolute Gasteiger partial charge is 0.365 e. The summed E-state index contributed by atoms with van der Waals surface area (Å²) >= 11 is 0. The van der Waals surface area contributed by atoms with Gasteiger partial charge < -0.3 is 5.32 Å². The summed E-state index contributed by atoms with van der Waals surface area (Å²) in [5, 5.41) is 4.17. The van der Waals surface area contributed by atoms with Crippen LogP contribution in [0.5, 0.6) is 0 Å². The van der Waals surface area contributed by atoms with Gasteiger partial charge in [0.25, 0.3) is 0 Å². The molecule has 0 atom stereocenters. The third-order valence-electron chi connectivity index (χ3n) is 2.89. The third-order valence-corrected chi connectivity index (χ3v) is 2.89. The lowest BCUT2D eigenvalue weighted by Gasteiger charge is -2.08. The molecule has 4 heteroatoms. The second kappa shape index (κ2) is 5.02. The van der Waals surface area contributed by atoms with Crippen molar-refractivity contribution in [2.45, 2.75) is 6.54 Å². The van der Waals surface area contributed by atoms with Crippen LogP contribution in [0, 0.1) is 5.82 Å². The molecule has 3 nitrogen and oxygen atoms in total. The van der Waals surface area contributed by atoms with E-state index in [2.05, 4.69) is 15.3 Å². The summed E-state index contributed by atoms with van der Waals surface area (Å²) in [5.74, 6) is 0.529. The molecule has 0 saturated heterocycles. The first kappa shape index (κ1) is 11.6. The molecule has 0 amide bonds. The summed E-state index contributed by atoms with van der Waals surface area (Å²) < 4.78 is 13.1. The predicted molar refractivity (Wildman–Crippen MR) is 73.3 cm³/mol. The molecular formula is C15H12FN3. The van der Waals surface area contributed by atoms with Crippen molar-refractivity contribution in [1.82, 2.24) is 9.97 Å². The summed E-state index contributed by atoms with van der Waals surface area (Å²) in [6.45, 7) is 0.527. The zero-order valence-electron chi connectivity index (χ0n) is 10.2. The molecule has 0 aliphatic heterocycles. The van der Waals surface area contributed by atoms with Gasteiger partial charge in [-0.05, 0) is 29.8 Å². The van der Waals surface area contributed by atoms with Crippen molar-refractivity contribution < 1.29 is 4.39 Å². The van der Waals surface area contributed by atoms with Crippen LogP contribution in [-0.4, -0.2) is 9.97 Å². The fourth-order valence-electron chi connectivity index (χ4n) is 1.98. The predicted octanol–water partition coefficient (Wildman–Crippen LogP) is 3.38. The van der Waals surface area contributed by atoms with Crippen LogP contribution in [0.3, 0.4) is 0 Å². The zero-order valence-corrected chi connectivity index (χ0v) is 10.2. The van der Waals surface area contributed by atoms with E-state index in [0.717, 1.165) is 22.3 Å². The van der Waals surface area contributed by atoms with Crippen molar-refractivity contribution >= 4 is 16.7 Å². The highest BCUT2D eigenvalue weighted by Crippen LogP contribution is 2.19. The first-order valence-electron chi connectivity index (χ1n) is 6.01. The van der Waals surface area contributed by atoms with Crippen molar-refractivity contribution in [3.05, 3.63) is 66.2 Å². The minimum Gasteiger partial charge on any atom is -0.365 e. The van der Waals surface area contributed by atoms with Gasteiger partial charge in [-0.2, -0.15) is 0 Å². The smallest absolute Gasteiger partial charge is 0.137 e. The molecule has 2 aromatic carbocycles. The standard InChI is InChI=1S/C15H12FN3/c16-12-5-3-4-11(8-12)9-17-15-13-6-1-2-7-14(13)18-10-19-15/h1-8,10H,9H2,(H,17,18,19). The summed E-state index contributed by atoms with van der Waals surface area (Å²) in [5.41, 5.74) is 1.77. The molecule has 0 aliphatic rings. The molecule has 0 unspecified atom stereocenters. The van der Waals surface area contributed by atoms with E-state index in [0.29, 0.717) is 6.54 Å². The lowest BCUT2D eigenvalue weighted by atomic mass is 10.2. The Balaban J connectivity index is 1.86. The van der Waals surface area contributed by atoms with Crippen molar-refractivity contribution in [2.75, 3.05) is 5.32 Å². The number of nitrogens with zero attached hydrogens (tertiary/aromatic N) is 2. The molecule has 0 radical (unpaired) electrons. The summed E-state index contributed by atoms with van der Waals surface area (Å²) in [7, 11) is 0. The number of hydrogen-bond donors (Lipinski definition) is 1. The van der Waals surface area contributed by atoms with Gasteiger partial charge in [-0.3, -0.25) is 0 Å². The van der Waals surface area contributed by atoms with Crippen molar-refractivity contribution in [3.8, 4) is 0 Å². The Morgan fingerprint density at radius 1 is 1.00 bits per heavy atom. The van der Waals surface area contributed by atoms with Gasteiger partial charge in [0.2, 0.25) is 0 Å². The van der Waals surface area contributed by atoms with Gasteiger partial charge in [-0.15, -0.1) is 0 Å². The number of halogens is 1. The summed E-state index contributed by atoms with van der Waals surface area (Å²) in [4.78, 5) is 8.43. The quantitative estimate of drug-likeness (QED) is 0.777. The maximum absolute atomic E-state index is 13.1. The minimum absolute atomic E-state index is 0.230. The Hall–Kier alpha value is -2.49. The van der Waals surface area contributed by atoms with Gasteiger partial charge in [0.05, 0.1) is 5.52 Å². The van der Waals surface area contributed by atoms with E-state index < -0.39 is 0 Å². The topological polar surface area (TPSA) is 37.8 Å². The number of anilines is 1. The fourth-order valence-corrected chi connectivity index (χ4v) is 1.98. The highest BCUT2D eigenvalue weighted by atomic mass is 19.1. The fraction of sp³-hybridized carbons (Fsp3) is 0.0667. The number of hydrogen-bond acceptors (Lipinski definition) is 3. The molecular weight excluding hydrogens is 241 g/mol. The second-order valence-electron chi connectivity index (χ2n) is 4.22. The van der Waals surface area contributed by atoms with Crippen molar-refractivity contribution in [2.24, 2.45) is 0 Å². The minimum atomic E-state index is -0.230. The SMILES string of the molecule is Fc1cccc(CNc2ncnc3ccccc23)c1. The molecule has 0 spiro atoms. The van der Waals surface area contributed by atoms with Gasteiger partial charge in [-0.1, -0.05) is 24.3 Å². The van der Waals surface area contributed by atoms with E-state index in [9.17, 15) is 4.39 Å². The molecule has 0 bridgehead atoms. The van der Waals surface area contributed by atoms with Gasteiger partial charge in [0.15, 0.2) is 0 Å². The van der Waals surface area contributed by atoms with Crippen molar-refractivity contribution in [1.29, 1.82) is 0 Å². The van der Waals surface area contributed by atoms with E-state index in [1.807, 2.05) is 30.3 Å². The second-order valence-corrected chi connectivity index (χ2v) is 4.22. The molecule has 0 fully saturated rings. The van der Waals surface area contributed by atoms with Crippen LogP contribution in [0.2, 0.25) is 0 Å². The molecule has 0 saturated carbocycles. The number of aromatic nitrogens is 2. The number of nitrogens with one attached hydrogen (secondary N) is 1. The van der Waals surface area contributed by atoms with Crippen LogP contribution < -0.4 is 5.32 Å². The van der Waals surface area contributed by atoms with Gasteiger partial charge in [0.1, 0.15) is 18.0 Å². The third kappa shape index (κ3) is 2.52. The van der Waals surface area contributed by atoms with E-state index in [4.69, 9.17) is 0 Å². The Bertz CT molecular complexity index is 707. The zero-order chi connectivity index (χ0) is 13.1. The van der Waals surface area contributed by atoms with Gasteiger partial charge in [0, 0.05) is 11.9 Å². The number of rotatable bonds is 3. The highest BCUT2D eigenvalue weighted by Gasteiger charge is 2.02. The molecule has 1 aromatic heterocycles. The van der Waals surface area contributed by atoms with E-state index in [1.54, 1.807) is 6.07 Å². The summed E-state index contributed by atoms with van der Waals surface area (Å²) in [6, 6.07) is 14.3. The molecule has 3 rings (SSSR count).